The number of halogens is 3. The molecule has 1 N–H and O–H groups in total. The number of ether oxygens (including phenoxy) is 1. The van der Waals surface area contributed by atoms with Crippen LogP contribution in [-0.2, 0) is 10.0 Å². The van der Waals surface area contributed by atoms with Gasteiger partial charge in [-0.1, -0.05) is 29.8 Å². The molecule has 0 amide bonds. The van der Waals surface area contributed by atoms with Crippen LogP contribution in [0.4, 0.5) is 14.6 Å². The molecule has 0 radical (unpaired) electrons. The Labute approximate surface area is 220 Å². The molecule has 4 aromatic rings. The van der Waals surface area contributed by atoms with E-state index in [-0.39, 0.29) is 41.0 Å². The third kappa shape index (κ3) is 5.50. The first-order valence-corrected chi connectivity index (χ1v) is 13.9. The van der Waals surface area contributed by atoms with Crippen LogP contribution >= 0.6 is 22.9 Å². The zero-order valence-corrected chi connectivity index (χ0v) is 21.5. The summed E-state index contributed by atoms with van der Waals surface area (Å²) in [5, 5.41) is 9.24. The Bertz CT molecular complexity index is 1510. The standard InChI is InChI=1S/C24H20ClF2N5O3S2/c25-19-8-23(37(33,34)31-24-11-36-14-28-24)20(27)9-22(19)35-10-18-17(15-4-6-16(26)7-5-15)2-1-3-21(18)32-12-29-30-13-32/h2,4-9,11-14,18,21,31H,1,3,10H2. The van der Waals surface area contributed by atoms with E-state index in [1.54, 1.807) is 24.8 Å². The molecule has 13 heteroatoms. The average Bonchev–Trinajstić information content (AvgIpc) is 3.59. The van der Waals surface area contributed by atoms with Crippen LogP contribution < -0.4 is 9.46 Å². The molecular weight excluding hydrogens is 544 g/mol. The monoisotopic (exact) mass is 563 g/mol. The summed E-state index contributed by atoms with van der Waals surface area (Å²) in [6.07, 6.45) is 6.86. The van der Waals surface area contributed by atoms with E-state index in [1.165, 1.54) is 34.4 Å². The Balaban J connectivity index is 1.42. The molecule has 8 nitrogen and oxygen atoms in total. The van der Waals surface area contributed by atoms with Crippen LogP contribution in [0.5, 0.6) is 5.75 Å². The molecule has 192 valence electrons. The maximum atomic E-state index is 15.0. The number of aromatic nitrogens is 4. The highest BCUT2D eigenvalue weighted by Gasteiger charge is 2.31. The lowest BCUT2D eigenvalue weighted by molar-refractivity contribution is 0.222. The van der Waals surface area contributed by atoms with Crippen molar-refractivity contribution in [1.82, 2.24) is 19.7 Å². The lowest BCUT2D eigenvalue weighted by Gasteiger charge is -2.33. The molecule has 1 aliphatic rings. The third-order valence-electron chi connectivity index (χ3n) is 6.05. The van der Waals surface area contributed by atoms with E-state index in [0.717, 1.165) is 36.1 Å². The van der Waals surface area contributed by atoms with Crippen molar-refractivity contribution in [3.05, 3.63) is 88.2 Å². The fourth-order valence-electron chi connectivity index (χ4n) is 4.34. The number of anilines is 1. The molecule has 2 unspecified atom stereocenters. The molecule has 2 atom stereocenters. The molecule has 0 saturated carbocycles. The maximum Gasteiger partial charge on any atom is 0.266 e. The largest absolute Gasteiger partial charge is 0.491 e. The minimum Gasteiger partial charge on any atom is -0.491 e. The van der Waals surface area contributed by atoms with Crippen LogP contribution in [0.2, 0.25) is 5.02 Å². The molecule has 2 heterocycles. The van der Waals surface area contributed by atoms with Gasteiger partial charge < -0.3 is 9.30 Å². The van der Waals surface area contributed by atoms with E-state index in [0.29, 0.717) is 0 Å². The second-order valence-electron chi connectivity index (χ2n) is 8.33. The highest BCUT2D eigenvalue weighted by atomic mass is 35.5. The Morgan fingerprint density at radius 2 is 1.92 bits per heavy atom. The van der Waals surface area contributed by atoms with Crippen molar-refractivity contribution in [2.75, 3.05) is 11.3 Å². The number of thiazole rings is 1. The van der Waals surface area contributed by atoms with Crippen LogP contribution in [0.1, 0.15) is 24.4 Å². The summed E-state index contributed by atoms with van der Waals surface area (Å²) in [4.78, 5) is 3.23. The fraction of sp³-hybridized carbons (Fsp3) is 0.208. The second kappa shape index (κ2) is 10.6. The quantitative estimate of drug-likeness (QED) is 0.300. The Morgan fingerprint density at radius 1 is 1.16 bits per heavy atom. The highest BCUT2D eigenvalue weighted by Crippen LogP contribution is 2.41. The summed E-state index contributed by atoms with van der Waals surface area (Å²) in [5.41, 5.74) is 3.22. The van der Waals surface area contributed by atoms with Crippen LogP contribution in [-0.4, -0.2) is 34.8 Å². The summed E-state index contributed by atoms with van der Waals surface area (Å²) in [5.74, 6) is -1.51. The molecule has 37 heavy (non-hydrogen) atoms. The zero-order valence-electron chi connectivity index (χ0n) is 19.1. The molecule has 2 aromatic heterocycles. The Morgan fingerprint density at radius 3 is 2.62 bits per heavy atom. The predicted molar refractivity (Wildman–Crippen MR) is 136 cm³/mol. The minimum absolute atomic E-state index is 0.00156. The van der Waals surface area contributed by atoms with Gasteiger partial charge in [-0.25, -0.2) is 22.2 Å². The molecule has 0 aliphatic heterocycles. The molecule has 0 bridgehead atoms. The molecule has 0 spiro atoms. The Hall–Kier alpha value is -3.35. The van der Waals surface area contributed by atoms with E-state index >= 15 is 0 Å². The van der Waals surface area contributed by atoms with Gasteiger partial charge in [0.05, 0.1) is 17.1 Å². The fourth-order valence-corrected chi connectivity index (χ4v) is 6.27. The number of nitrogens with zero attached hydrogens (tertiary/aromatic N) is 4. The summed E-state index contributed by atoms with van der Waals surface area (Å²) in [7, 11) is -4.25. The number of allylic oxidation sites excluding steroid dienone is 1. The summed E-state index contributed by atoms with van der Waals surface area (Å²) in [6, 6.07) is 8.06. The Kier molecular flexibility index (Phi) is 7.22. The van der Waals surface area contributed by atoms with Gasteiger partial charge in [-0.2, -0.15) is 0 Å². The molecule has 2 aromatic carbocycles. The SMILES string of the molecule is O=S(=O)(Nc1cscn1)c1cc(Cl)c(OCC2C(c3ccc(F)cc3)=CCCC2n2cnnc2)cc1F. The molecule has 0 fully saturated rings. The number of nitrogens with one attached hydrogen (secondary N) is 1. The van der Waals surface area contributed by atoms with E-state index in [2.05, 4.69) is 26.0 Å². The van der Waals surface area contributed by atoms with Crippen LogP contribution in [0.3, 0.4) is 0 Å². The maximum absolute atomic E-state index is 15.0. The highest BCUT2D eigenvalue weighted by molar-refractivity contribution is 7.92. The van der Waals surface area contributed by atoms with Gasteiger partial charge in [-0.15, -0.1) is 21.5 Å². The second-order valence-corrected chi connectivity index (χ2v) is 11.1. The van der Waals surface area contributed by atoms with Crippen LogP contribution in [0.25, 0.3) is 5.57 Å². The van der Waals surface area contributed by atoms with Crippen LogP contribution in [0, 0.1) is 17.6 Å². The number of hydrogen-bond donors (Lipinski definition) is 1. The third-order valence-corrected chi connectivity index (χ3v) is 8.30. The van der Waals surface area contributed by atoms with Gasteiger partial charge in [0, 0.05) is 23.4 Å². The van der Waals surface area contributed by atoms with Crippen LogP contribution in [0.15, 0.2) is 70.9 Å². The van der Waals surface area contributed by atoms with Gasteiger partial charge >= 0.3 is 0 Å². The van der Waals surface area contributed by atoms with Gasteiger partial charge in [0.2, 0.25) is 0 Å². The van der Waals surface area contributed by atoms with Gasteiger partial charge in [-0.3, -0.25) is 4.72 Å². The molecular formula is C24H20ClF2N5O3S2. The van der Waals surface area contributed by atoms with Crippen molar-refractivity contribution in [3.63, 3.8) is 0 Å². The number of rotatable bonds is 8. The summed E-state index contributed by atoms with van der Waals surface area (Å²) in [6.45, 7) is 0.0917. The minimum atomic E-state index is -4.25. The number of sulfonamides is 1. The predicted octanol–water partition coefficient (Wildman–Crippen LogP) is 5.58. The number of benzene rings is 2. The summed E-state index contributed by atoms with van der Waals surface area (Å²) < 4.78 is 63.9. The zero-order chi connectivity index (χ0) is 26.0. The van der Waals surface area contributed by atoms with Gasteiger partial charge in [0.25, 0.3) is 10.0 Å². The first kappa shape index (κ1) is 25.3. The van der Waals surface area contributed by atoms with Gasteiger partial charge in [0.15, 0.2) is 5.82 Å². The first-order chi connectivity index (χ1) is 17.8. The van der Waals surface area contributed by atoms with E-state index in [4.69, 9.17) is 16.3 Å². The van der Waals surface area contributed by atoms with E-state index in [9.17, 15) is 17.2 Å². The lowest BCUT2D eigenvalue weighted by atomic mass is 9.80. The molecule has 5 rings (SSSR count). The van der Waals surface area contributed by atoms with Crippen molar-refractivity contribution in [2.45, 2.75) is 23.8 Å². The van der Waals surface area contributed by atoms with Crippen molar-refractivity contribution in [2.24, 2.45) is 5.92 Å². The van der Waals surface area contributed by atoms with Gasteiger partial charge in [0.1, 0.15) is 34.9 Å². The molecule has 0 saturated heterocycles. The van der Waals surface area contributed by atoms with Crippen molar-refractivity contribution < 1.29 is 21.9 Å². The first-order valence-electron chi connectivity index (χ1n) is 11.1. The normalized spacial score (nSPS) is 17.9. The van der Waals surface area contributed by atoms with E-state index in [1.807, 2.05) is 4.57 Å². The van der Waals surface area contributed by atoms with Crippen molar-refractivity contribution >= 4 is 44.4 Å². The number of hydrogen-bond acceptors (Lipinski definition) is 7. The smallest absolute Gasteiger partial charge is 0.266 e. The lowest BCUT2D eigenvalue weighted by Crippen LogP contribution is -2.28. The van der Waals surface area contributed by atoms with Crippen molar-refractivity contribution in [1.29, 1.82) is 0 Å². The topological polar surface area (TPSA) is 99.0 Å². The van der Waals surface area contributed by atoms with Crippen molar-refractivity contribution in [3.8, 4) is 5.75 Å². The molecule has 1 aliphatic carbocycles. The average molecular weight is 564 g/mol. The summed E-state index contributed by atoms with van der Waals surface area (Å²) >= 11 is 7.53. The van der Waals surface area contributed by atoms with E-state index < -0.39 is 20.7 Å². The van der Waals surface area contributed by atoms with Gasteiger partial charge in [-0.05, 0) is 42.2 Å².